The van der Waals surface area contributed by atoms with Crippen LogP contribution in [0.5, 0.6) is 0 Å². The zero-order valence-corrected chi connectivity index (χ0v) is 17.1. The van der Waals surface area contributed by atoms with E-state index >= 15 is 0 Å². The molecule has 1 atom stereocenters. The van der Waals surface area contributed by atoms with Crippen LogP contribution in [0.2, 0.25) is 10.0 Å². The zero-order chi connectivity index (χ0) is 22.1. The van der Waals surface area contributed by atoms with Crippen LogP contribution in [0.1, 0.15) is 17.9 Å². The molecule has 8 nitrogen and oxygen atoms in total. The monoisotopic (exact) mass is 461 g/mol. The second-order valence-corrected chi connectivity index (χ2v) is 7.61. The molecule has 0 radical (unpaired) electrons. The van der Waals surface area contributed by atoms with Gasteiger partial charge in [-0.05, 0) is 30.3 Å². The van der Waals surface area contributed by atoms with Crippen LogP contribution in [-0.2, 0) is 9.59 Å². The average molecular weight is 462 g/mol. The summed E-state index contributed by atoms with van der Waals surface area (Å²) in [6.45, 7) is 0. The Morgan fingerprint density at radius 1 is 1.13 bits per heavy atom. The van der Waals surface area contributed by atoms with E-state index in [4.69, 9.17) is 23.2 Å². The second kappa shape index (κ2) is 8.37. The van der Waals surface area contributed by atoms with Crippen molar-refractivity contribution in [2.24, 2.45) is 0 Å². The number of nitrogens with zero attached hydrogens (tertiary/aromatic N) is 1. The van der Waals surface area contributed by atoms with Crippen molar-refractivity contribution in [1.82, 2.24) is 9.97 Å². The summed E-state index contributed by atoms with van der Waals surface area (Å²) in [5.41, 5.74) is -0.255. The number of hydrogen-bond acceptors (Lipinski definition) is 5. The molecule has 0 aliphatic carbocycles. The lowest BCUT2D eigenvalue weighted by Crippen LogP contribution is -2.36. The number of aromatic amines is 1. The van der Waals surface area contributed by atoms with Gasteiger partial charge in [0.25, 0.3) is 5.56 Å². The molecule has 0 fully saturated rings. The lowest BCUT2D eigenvalue weighted by molar-refractivity contribution is -0.123. The molecule has 3 aromatic rings. The fourth-order valence-corrected chi connectivity index (χ4v) is 3.73. The number of anilines is 4. The van der Waals surface area contributed by atoms with E-state index in [0.717, 1.165) is 0 Å². The first kappa shape index (κ1) is 20.8. The molecule has 11 heteroatoms. The molecule has 1 unspecified atom stereocenters. The number of H-pyrrole nitrogens is 1. The fraction of sp³-hybridized carbons (Fsp3) is 0.100. The van der Waals surface area contributed by atoms with E-state index in [1.807, 2.05) is 0 Å². The van der Waals surface area contributed by atoms with Gasteiger partial charge in [0.15, 0.2) is 0 Å². The standard InChI is InChI=1S/C20H14Cl2FN5O3/c21-9-5-10(22)7-11(6-9)24-20-27-17-16(19(31)28-20)12(8-15(29)26-17)18(30)25-14-4-2-1-3-13(14)23/h1-7,12H,8H2,(H,25,30)(H3,24,26,27,28,29,31). The summed E-state index contributed by atoms with van der Waals surface area (Å²) in [5, 5.41) is 8.49. The minimum absolute atomic E-state index is 0.0116. The molecule has 4 rings (SSSR count). The Labute approximate surface area is 184 Å². The van der Waals surface area contributed by atoms with Crippen LogP contribution in [0, 0.1) is 5.82 Å². The number of fused-ring (bicyclic) bond motifs is 1. The number of amides is 2. The Morgan fingerprint density at radius 2 is 1.84 bits per heavy atom. The van der Waals surface area contributed by atoms with Crippen molar-refractivity contribution in [3.05, 3.63) is 74.2 Å². The van der Waals surface area contributed by atoms with Crippen LogP contribution in [0.25, 0.3) is 0 Å². The largest absolute Gasteiger partial charge is 0.326 e. The number of hydrogen-bond donors (Lipinski definition) is 4. The smallest absolute Gasteiger partial charge is 0.258 e. The Morgan fingerprint density at radius 3 is 2.55 bits per heavy atom. The van der Waals surface area contributed by atoms with Crippen molar-refractivity contribution in [1.29, 1.82) is 0 Å². The second-order valence-electron chi connectivity index (χ2n) is 6.73. The molecule has 4 N–H and O–H groups in total. The van der Waals surface area contributed by atoms with Gasteiger partial charge in [-0.3, -0.25) is 19.4 Å². The van der Waals surface area contributed by atoms with Gasteiger partial charge in [-0.1, -0.05) is 35.3 Å². The van der Waals surface area contributed by atoms with Gasteiger partial charge in [-0.25, -0.2) is 4.39 Å². The molecule has 2 heterocycles. The highest BCUT2D eigenvalue weighted by atomic mass is 35.5. The molecule has 2 amide bonds. The summed E-state index contributed by atoms with van der Waals surface area (Å²) in [5.74, 6) is -3.04. The summed E-state index contributed by atoms with van der Waals surface area (Å²) in [7, 11) is 0. The van der Waals surface area contributed by atoms with Gasteiger partial charge in [0.05, 0.1) is 17.2 Å². The zero-order valence-electron chi connectivity index (χ0n) is 15.6. The first-order chi connectivity index (χ1) is 14.8. The van der Waals surface area contributed by atoms with Crippen molar-refractivity contribution in [3.8, 4) is 0 Å². The van der Waals surface area contributed by atoms with E-state index in [1.54, 1.807) is 18.2 Å². The summed E-state index contributed by atoms with van der Waals surface area (Å²) >= 11 is 11.9. The van der Waals surface area contributed by atoms with E-state index in [2.05, 4.69) is 25.9 Å². The van der Waals surface area contributed by atoms with Gasteiger partial charge in [-0.2, -0.15) is 4.98 Å². The molecule has 1 aliphatic heterocycles. The summed E-state index contributed by atoms with van der Waals surface area (Å²) in [4.78, 5) is 44.4. The number of carbonyl (C=O) groups excluding carboxylic acids is 2. The molecular formula is C20H14Cl2FN5O3. The van der Waals surface area contributed by atoms with Crippen LogP contribution >= 0.6 is 23.2 Å². The van der Waals surface area contributed by atoms with Crippen LogP contribution in [0.15, 0.2) is 47.3 Å². The van der Waals surface area contributed by atoms with E-state index in [9.17, 15) is 18.8 Å². The van der Waals surface area contributed by atoms with Gasteiger partial charge >= 0.3 is 0 Å². The van der Waals surface area contributed by atoms with E-state index in [0.29, 0.717) is 15.7 Å². The maximum Gasteiger partial charge on any atom is 0.258 e. The Hall–Kier alpha value is -3.43. The van der Waals surface area contributed by atoms with Crippen molar-refractivity contribution in [2.45, 2.75) is 12.3 Å². The number of nitrogens with one attached hydrogen (secondary N) is 4. The highest BCUT2D eigenvalue weighted by Gasteiger charge is 2.35. The molecular weight excluding hydrogens is 448 g/mol. The van der Waals surface area contributed by atoms with Gasteiger partial charge < -0.3 is 16.0 Å². The predicted octanol–water partition coefficient (Wildman–Crippen LogP) is 4.02. The Bertz CT molecular complexity index is 1240. The maximum absolute atomic E-state index is 13.9. The van der Waals surface area contributed by atoms with Gasteiger partial charge in [0.2, 0.25) is 17.8 Å². The van der Waals surface area contributed by atoms with Gasteiger partial charge in [0.1, 0.15) is 11.6 Å². The molecule has 2 aromatic carbocycles. The van der Waals surface area contributed by atoms with E-state index in [-0.39, 0.29) is 29.4 Å². The minimum Gasteiger partial charge on any atom is -0.326 e. The number of rotatable bonds is 4. The lowest BCUT2D eigenvalue weighted by atomic mass is 9.92. The molecule has 0 bridgehead atoms. The van der Waals surface area contributed by atoms with Crippen molar-refractivity contribution >= 4 is 58.2 Å². The fourth-order valence-electron chi connectivity index (χ4n) is 3.20. The summed E-state index contributed by atoms with van der Waals surface area (Å²) in [6.07, 6.45) is -0.283. The number of aromatic nitrogens is 2. The van der Waals surface area contributed by atoms with Crippen LogP contribution < -0.4 is 21.5 Å². The number of halogens is 3. The average Bonchev–Trinajstić information content (AvgIpc) is 2.68. The third-order valence-electron chi connectivity index (χ3n) is 4.52. The topological polar surface area (TPSA) is 116 Å². The van der Waals surface area contributed by atoms with Crippen LogP contribution in [0.3, 0.4) is 0 Å². The molecule has 0 spiro atoms. The highest BCUT2D eigenvalue weighted by molar-refractivity contribution is 6.35. The van der Waals surface area contributed by atoms with Crippen LogP contribution in [0.4, 0.5) is 27.5 Å². The number of benzene rings is 2. The number of para-hydroxylation sites is 1. The van der Waals surface area contributed by atoms with Gasteiger partial charge in [0, 0.05) is 22.2 Å². The van der Waals surface area contributed by atoms with Crippen molar-refractivity contribution < 1.29 is 14.0 Å². The molecule has 0 saturated carbocycles. The Balaban J connectivity index is 1.66. The molecule has 1 aromatic heterocycles. The molecule has 158 valence electrons. The van der Waals surface area contributed by atoms with E-state index in [1.165, 1.54) is 24.3 Å². The third-order valence-corrected chi connectivity index (χ3v) is 4.96. The molecule has 31 heavy (non-hydrogen) atoms. The summed E-state index contributed by atoms with van der Waals surface area (Å²) < 4.78 is 13.9. The SMILES string of the molecule is O=C1CC(C(=O)Nc2ccccc2F)c2c(nc(Nc3cc(Cl)cc(Cl)c3)[nH]c2=O)N1. The normalized spacial score (nSPS) is 15.1. The minimum atomic E-state index is -1.14. The van der Waals surface area contributed by atoms with Gasteiger partial charge in [-0.15, -0.1) is 0 Å². The maximum atomic E-state index is 13.9. The van der Waals surface area contributed by atoms with E-state index < -0.39 is 29.1 Å². The third kappa shape index (κ3) is 4.52. The Kier molecular flexibility index (Phi) is 5.62. The predicted molar refractivity (Wildman–Crippen MR) is 116 cm³/mol. The first-order valence-corrected chi connectivity index (χ1v) is 9.78. The first-order valence-electron chi connectivity index (χ1n) is 9.03. The van der Waals surface area contributed by atoms with Crippen LogP contribution in [-0.4, -0.2) is 21.8 Å². The number of carbonyl (C=O) groups is 2. The molecule has 0 saturated heterocycles. The van der Waals surface area contributed by atoms with Crippen molar-refractivity contribution in [3.63, 3.8) is 0 Å². The molecule has 1 aliphatic rings. The highest BCUT2D eigenvalue weighted by Crippen LogP contribution is 2.31. The quantitative estimate of drug-likeness (QED) is 0.468. The lowest BCUT2D eigenvalue weighted by Gasteiger charge is -2.23. The summed E-state index contributed by atoms with van der Waals surface area (Å²) in [6, 6.07) is 10.3. The van der Waals surface area contributed by atoms with Crippen molar-refractivity contribution in [2.75, 3.05) is 16.0 Å².